The molecule has 0 atom stereocenters. The summed E-state index contributed by atoms with van der Waals surface area (Å²) in [6.45, 7) is 5.46. The molecule has 3 rings (SSSR count). The lowest BCUT2D eigenvalue weighted by molar-refractivity contribution is 0.259. The van der Waals surface area contributed by atoms with E-state index in [2.05, 4.69) is 25.6 Å². The van der Waals surface area contributed by atoms with Crippen molar-refractivity contribution in [2.45, 2.75) is 20.8 Å². The number of nitrogens with one attached hydrogen (secondary N) is 2. The molecule has 3 aromatic rings. The highest BCUT2D eigenvalue weighted by molar-refractivity contribution is 6.03. The monoisotopic (exact) mass is 464 g/mol. The molecule has 0 aliphatic rings. The zero-order valence-electron chi connectivity index (χ0n) is 19.7. The number of carbonyl (C=O) groups is 1. The van der Waals surface area contributed by atoms with E-state index in [4.69, 9.17) is 15.2 Å². The number of aliphatic imine (C=N–C) groups is 1. The number of carbonyl (C=O) groups excluding carboxylic acids is 1. The molecule has 34 heavy (non-hydrogen) atoms. The Hall–Kier alpha value is -4.34. The molecule has 2 amide bonds. The highest BCUT2D eigenvalue weighted by Gasteiger charge is 2.16. The van der Waals surface area contributed by atoms with Crippen LogP contribution in [0.4, 0.5) is 22.0 Å². The summed E-state index contributed by atoms with van der Waals surface area (Å²) in [5, 5.41) is 16.6. The van der Waals surface area contributed by atoms with Gasteiger partial charge in [-0.15, -0.1) is 0 Å². The molecule has 10 heteroatoms. The predicted molar refractivity (Wildman–Crippen MR) is 133 cm³/mol. The Morgan fingerprint density at radius 1 is 1.06 bits per heavy atom. The van der Waals surface area contributed by atoms with Gasteiger partial charge in [-0.1, -0.05) is 20.8 Å². The van der Waals surface area contributed by atoms with E-state index >= 15 is 0 Å². The second kappa shape index (κ2) is 10.1. The number of nitrogens with two attached hydrogens (primary N) is 1. The minimum atomic E-state index is -0.654. The van der Waals surface area contributed by atoms with Crippen molar-refractivity contribution in [2.75, 3.05) is 24.9 Å². The average molecular weight is 465 g/mol. The Kier molecular flexibility index (Phi) is 7.20. The number of amides is 2. The van der Waals surface area contributed by atoms with Crippen LogP contribution in [-0.2, 0) is 0 Å². The van der Waals surface area contributed by atoms with Gasteiger partial charge in [0.1, 0.15) is 23.7 Å². The van der Waals surface area contributed by atoms with Crippen molar-refractivity contribution < 1.29 is 19.4 Å². The van der Waals surface area contributed by atoms with Gasteiger partial charge in [-0.25, -0.2) is 14.8 Å². The van der Waals surface area contributed by atoms with Crippen molar-refractivity contribution in [1.29, 1.82) is 0 Å². The van der Waals surface area contributed by atoms with Crippen LogP contribution in [0.15, 0.2) is 59.6 Å². The second-order valence-corrected chi connectivity index (χ2v) is 8.40. The number of rotatable bonds is 6. The van der Waals surface area contributed by atoms with Crippen molar-refractivity contribution in [1.82, 2.24) is 9.97 Å². The van der Waals surface area contributed by atoms with Gasteiger partial charge in [-0.05, 0) is 30.3 Å². The van der Waals surface area contributed by atoms with Crippen molar-refractivity contribution in [2.24, 2.45) is 16.1 Å². The van der Waals surface area contributed by atoms with Gasteiger partial charge < -0.3 is 30.9 Å². The van der Waals surface area contributed by atoms with E-state index in [1.54, 1.807) is 50.6 Å². The zero-order chi connectivity index (χ0) is 24.9. The smallest absolute Gasteiger partial charge is 0.347 e. The summed E-state index contributed by atoms with van der Waals surface area (Å²) in [6.07, 6.45) is 2.72. The lowest BCUT2D eigenvalue weighted by Crippen LogP contribution is -2.18. The maximum atomic E-state index is 12.1. The molecule has 0 saturated carbocycles. The minimum absolute atomic E-state index is 0.0327. The molecule has 5 N–H and O–H groups in total. The van der Waals surface area contributed by atoms with E-state index in [1.165, 1.54) is 12.4 Å². The number of allylic oxidation sites excluding steroid dienone is 1. The molecule has 0 aliphatic heterocycles. The number of hydrogen-bond acceptors (Lipinski definition) is 7. The number of aromatic nitrogens is 2. The van der Waals surface area contributed by atoms with Gasteiger partial charge in [-0.3, -0.25) is 0 Å². The van der Waals surface area contributed by atoms with Gasteiger partial charge >= 0.3 is 6.03 Å². The van der Waals surface area contributed by atoms with Crippen molar-refractivity contribution >= 4 is 40.0 Å². The number of aliphatic hydroxyl groups excluding tert-OH is 1. The Bertz CT molecular complexity index is 1250. The molecule has 10 nitrogen and oxygen atoms in total. The number of hydrogen-bond donors (Lipinski definition) is 4. The Morgan fingerprint density at radius 3 is 2.29 bits per heavy atom. The third kappa shape index (κ3) is 5.91. The standard InChI is InChI=1S/C24H28N6O4/c1-24(2,3)20(31)12-21(25)30-23(32)29-15-8-6-14(7-9-15)28-22-16-10-18(33-4)19(34-5)11-17(16)26-13-27-22/h6-13,31H,1-5H3,(H,26,27,28)(H3,25,29,30,32)/b20-12-. The van der Waals surface area contributed by atoms with Crippen LogP contribution >= 0.6 is 0 Å². The quantitative estimate of drug-likeness (QED) is 0.232. The van der Waals surface area contributed by atoms with Crippen LogP contribution in [0, 0.1) is 5.41 Å². The Morgan fingerprint density at radius 2 is 1.68 bits per heavy atom. The third-order valence-corrected chi connectivity index (χ3v) is 4.82. The minimum Gasteiger partial charge on any atom is -0.512 e. The molecule has 0 spiro atoms. The van der Waals surface area contributed by atoms with Crippen LogP contribution in [-0.4, -0.2) is 41.2 Å². The van der Waals surface area contributed by atoms with Crippen molar-refractivity contribution in [3.63, 3.8) is 0 Å². The molecule has 0 bridgehead atoms. The first kappa shape index (κ1) is 24.3. The lowest BCUT2D eigenvalue weighted by atomic mass is 9.93. The zero-order valence-corrected chi connectivity index (χ0v) is 19.7. The van der Waals surface area contributed by atoms with Gasteiger partial charge in [-0.2, -0.15) is 4.99 Å². The number of aliphatic hydroxyl groups is 1. The summed E-state index contributed by atoms with van der Waals surface area (Å²) >= 11 is 0. The van der Waals surface area contributed by atoms with Crippen molar-refractivity contribution in [3.8, 4) is 11.5 Å². The SMILES string of the molecule is COc1cc2ncnc(Nc3ccc(NC(=O)/N=C(N)\C=C(/O)C(C)(C)C)cc3)c2cc1OC. The van der Waals surface area contributed by atoms with E-state index in [0.29, 0.717) is 28.5 Å². The molecule has 0 radical (unpaired) electrons. The predicted octanol–water partition coefficient (Wildman–Crippen LogP) is 4.77. The first-order chi connectivity index (χ1) is 16.1. The topological polar surface area (TPSA) is 144 Å². The summed E-state index contributed by atoms with van der Waals surface area (Å²) in [7, 11) is 3.13. The maximum Gasteiger partial charge on any atom is 0.347 e. The summed E-state index contributed by atoms with van der Waals surface area (Å²) in [5.41, 5.74) is 7.20. The molecule has 0 fully saturated rings. The summed E-state index contributed by atoms with van der Waals surface area (Å²) in [5.74, 6) is 1.67. The highest BCUT2D eigenvalue weighted by Crippen LogP contribution is 2.34. The summed E-state index contributed by atoms with van der Waals surface area (Å²) < 4.78 is 10.7. The number of urea groups is 1. The average Bonchev–Trinajstić information content (AvgIpc) is 2.78. The van der Waals surface area contributed by atoms with Crippen LogP contribution in [0.2, 0.25) is 0 Å². The van der Waals surface area contributed by atoms with Crippen LogP contribution < -0.4 is 25.8 Å². The Labute approximate surface area is 197 Å². The van der Waals surface area contributed by atoms with Crippen molar-refractivity contribution in [3.05, 3.63) is 54.6 Å². The normalized spacial score (nSPS) is 12.4. The van der Waals surface area contributed by atoms with Gasteiger partial charge in [0.05, 0.1) is 19.7 Å². The molecule has 0 aliphatic carbocycles. The number of fused-ring (bicyclic) bond motifs is 1. The number of nitrogens with zero attached hydrogens (tertiary/aromatic N) is 3. The molecule has 1 heterocycles. The molecule has 1 aromatic heterocycles. The number of ether oxygens (including phenoxy) is 2. The number of methoxy groups -OCH3 is 2. The third-order valence-electron chi connectivity index (χ3n) is 4.82. The van der Waals surface area contributed by atoms with E-state index in [-0.39, 0.29) is 11.6 Å². The van der Waals surface area contributed by atoms with Gasteiger partial charge in [0.2, 0.25) is 0 Å². The second-order valence-electron chi connectivity index (χ2n) is 8.40. The fourth-order valence-electron chi connectivity index (χ4n) is 2.91. The molecular weight excluding hydrogens is 436 g/mol. The number of anilines is 3. The largest absolute Gasteiger partial charge is 0.512 e. The molecular formula is C24H28N6O4. The maximum absolute atomic E-state index is 12.1. The Balaban J connectivity index is 1.74. The fraction of sp³-hybridized carbons (Fsp3) is 0.250. The molecule has 0 unspecified atom stereocenters. The van der Waals surface area contributed by atoms with Crippen LogP contribution in [0.1, 0.15) is 20.8 Å². The molecule has 178 valence electrons. The number of benzene rings is 2. The van der Waals surface area contributed by atoms with E-state index in [9.17, 15) is 9.90 Å². The summed E-state index contributed by atoms with van der Waals surface area (Å²) in [6, 6.07) is 9.91. The van der Waals surface area contributed by atoms with Crippen LogP contribution in [0.25, 0.3) is 10.9 Å². The van der Waals surface area contributed by atoms with Gasteiger partial charge in [0.25, 0.3) is 0 Å². The van der Waals surface area contributed by atoms with Crippen LogP contribution in [0.5, 0.6) is 11.5 Å². The summed E-state index contributed by atoms with van der Waals surface area (Å²) in [4.78, 5) is 24.5. The lowest BCUT2D eigenvalue weighted by Gasteiger charge is -2.16. The van der Waals surface area contributed by atoms with Gasteiger partial charge in [0, 0.05) is 34.3 Å². The van der Waals surface area contributed by atoms with E-state index < -0.39 is 11.4 Å². The van der Waals surface area contributed by atoms with E-state index in [1.807, 2.05) is 20.8 Å². The van der Waals surface area contributed by atoms with Gasteiger partial charge in [0.15, 0.2) is 11.5 Å². The molecule has 2 aromatic carbocycles. The first-order valence-corrected chi connectivity index (χ1v) is 10.4. The first-order valence-electron chi connectivity index (χ1n) is 10.4. The number of amidine groups is 1. The fourth-order valence-corrected chi connectivity index (χ4v) is 2.91. The molecule has 0 saturated heterocycles. The van der Waals surface area contributed by atoms with Crippen LogP contribution in [0.3, 0.4) is 0 Å². The van der Waals surface area contributed by atoms with E-state index in [0.717, 1.165) is 11.1 Å². The highest BCUT2D eigenvalue weighted by atomic mass is 16.5.